The van der Waals surface area contributed by atoms with E-state index in [0.717, 1.165) is 22.6 Å². The van der Waals surface area contributed by atoms with Crippen molar-refractivity contribution in [3.8, 4) is 0 Å². The van der Waals surface area contributed by atoms with Crippen molar-refractivity contribution >= 4 is 40.8 Å². The minimum Gasteiger partial charge on any atom is -0.388 e. The monoisotopic (exact) mass is 526 g/mol. The zero-order valence-electron chi connectivity index (χ0n) is 21.1. The Bertz CT molecular complexity index is 1210. The van der Waals surface area contributed by atoms with E-state index in [4.69, 9.17) is 21.3 Å². The second-order valence-corrected chi connectivity index (χ2v) is 10.2. The van der Waals surface area contributed by atoms with Gasteiger partial charge in [0.05, 0.1) is 5.02 Å². The number of benzene rings is 1. The third-order valence-corrected chi connectivity index (χ3v) is 7.45. The standard InChI is InChI=1S/C26H31ClN6O4/c1-18-5-6-21(19(2)16-18)29-25(35)36-33-10-7-26(8-11-33)17-22(30-37-26)24(34)32-14-12-31(13-15-32)23-20(27)4-3-9-28-23/h3-6,9,16H,7-8,10-15,17H2,1-2H3,(H,29,35). The van der Waals surface area contributed by atoms with Crippen molar-refractivity contribution in [2.45, 2.75) is 38.7 Å². The fourth-order valence-corrected chi connectivity index (χ4v) is 5.25. The number of pyridine rings is 1. The van der Waals surface area contributed by atoms with Gasteiger partial charge in [-0.1, -0.05) is 34.5 Å². The molecule has 1 N–H and O–H groups in total. The number of oxime groups is 1. The lowest BCUT2D eigenvalue weighted by Crippen LogP contribution is -2.51. The molecule has 4 heterocycles. The molecule has 0 atom stereocenters. The number of anilines is 2. The molecule has 5 rings (SSSR count). The predicted molar refractivity (Wildman–Crippen MR) is 141 cm³/mol. The van der Waals surface area contributed by atoms with Gasteiger partial charge in [0.2, 0.25) is 0 Å². The van der Waals surface area contributed by atoms with Crippen LogP contribution in [0, 0.1) is 13.8 Å². The summed E-state index contributed by atoms with van der Waals surface area (Å²) >= 11 is 6.27. The van der Waals surface area contributed by atoms with Crippen molar-refractivity contribution in [2.75, 3.05) is 49.5 Å². The smallest absolute Gasteiger partial charge is 0.388 e. The van der Waals surface area contributed by atoms with Crippen LogP contribution in [-0.4, -0.2) is 77.5 Å². The number of nitrogens with zero attached hydrogens (tertiary/aromatic N) is 5. The van der Waals surface area contributed by atoms with Crippen LogP contribution in [0.5, 0.6) is 0 Å². The lowest BCUT2D eigenvalue weighted by Gasteiger charge is -2.36. The van der Waals surface area contributed by atoms with E-state index < -0.39 is 11.7 Å². The van der Waals surface area contributed by atoms with Gasteiger partial charge in [0.15, 0.2) is 0 Å². The first-order valence-corrected chi connectivity index (χ1v) is 12.9. The lowest BCUT2D eigenvalue weighted by atomic mass is 9.87. The molecule has 37 heavy (non-hydrogen) atoms. The average Bonchev–Trinajstić information content (AvgIpc) is 3.31. The number of halogens is 1. The molecule has 0 saturated carbocycles. The van der Waals surface area contributed by atoms with Crippen LogP contribution in [0.25, 0.3) is 0 Å². The number of aryl methyl sites for hydroxylation is 2. The normalized spacial score (nSPS) is 19.4. The fraction of sp³-hybridized carbons (Fsp3) is 0.462. The van der Waals surface area contributed by atoms with Gasteiger partial charge < -0.3 is 19.5 Å². The summed E-state index contributed by atoms with van der Waals surface area (Å²) in [6.45, 7) is 7.38. The van der Waals surface area contributed by atoms with E-state index in [2.05, 4.69) is 20.4 Å². The van der Waals surface area contributed by atoms with Crippen LogP contribution in [0.3, 0.4) is 0 Å². The Morgan fingerprint density at radius 3 is 2.54 bits per heavy atom. The van der Waals surface area contributed by atoms with E-state index in [-0.39, 0.29) is 5.91 Å². The van der Waals surface area contributed by atoms with E-state index in [0.29, 0.717) is 69.3 Å². The summed E-state index contributed by atoms with van der Waals surface area (Å²) in [5.41, 5.74) is 2.75. The molecule has 2 fully saturated rings. The summed E-state index contributed by atoms with van der Waals surface area (Å²) in [5, 5.41) is 9.22. The maximum absolute atomic E-state index is 13.1. The van der Waals surface area contributed by atoms with Gasteiger partial charge in [0.25, 0.3) is 5.91 Å². The van der Waals surface area contributed by atoms with Crippen molar-refractivity contribution < 1.29 is 19.3 Å². The molecule has 3 aliphatic rings. The van der Waals surface area contributed by atoms with Gasteiger partial charge in [-0.25, -0.2) is 9.78 Å². The van der Waals surface area contributed by atoms with Crippen molar-refractivity contribution in [1.82, 2.24) is 14.9 Å². The number of hydrogen-bond acceptors (Lipinski definition) is 8. The third kappa shape index (κ3) is 5.65. The van der Waals surface area contributed by atoms with E-state index in [1.807, 2.05) is 43.0 Å². The lowest BCUT2D eigenvalue weighted by molar-refractivity contribution is -0.154. The molecule has 1 aromatic carbocycles. The van der Waals surface area contributed by atoms with Crippen LogP contribution in [0.4, 0.5) is 16.3 Å². The first-order chi connectivity index (χ1) is 17.8. The molecule has 2 aromatic rings. The summed E-state index contributed by atoms with van der Waals surface area (Å²) in [7, 11) is 0. The Morgan fingerprint density at radius 1 is 1.08 bits per heavy atom. The molecule has 196 valence electrons. The van der Waals surface area contributed by atoms with Crippen LogP contribution in [-0.2, 0) is 14.5 Å². The number of piperidine rings is 1. The van der Waals surface area contributed by atoms with E-state index >= 15 is 0 Å². The van der Waals surface area contributed by atoms with Gasteiger partial charge in [-0.15, -0.1) is 5.06 Å². The molecule has 0 bridgehead atoms. The number of carbonyl (C=O) groups excluding carboxylic acids is 2. The summed E-state index contributed by atoms with van der Waals surface area (Å²) < 4.78 is 0. The highest BCUT2D eigenvalue weighted by atomic mass is 35.5. The van der Waals surface area contributed by atoms with Crippen molar-refractivity contribution in [2.24, 2.45) is 5.16 Å². The maximum Gasteiger partial charge on any atom is 0.430 e. The summed E-state index contributed by atoms with van der Waals surface area (Å²) in [5.74, 6) is 0.656. The number of hydroxylamine groups is 2. The first kappa shape index (κ1) is 25.3. The Labute approximate surface area is 221 Å². The van der Waals surface area contributed by atoms with Crippen LogP contribution >= 0.6 is 11.6 Å². The minimum absolute atomic E-state index is 0.0878. The topological polar surface area (TPSA) is 99.6 Å². The summed E-state index contributed by atoms with van der Waals surface area (Å²) in [4.78, 5) is 45.1. The number of amides is 2. The zero-order chi connectivity index (χ0) is 26.0. The quantitative estimate of drug-likeness (QED) is 0.647. The third-order valence-electron chi connectivity index (χ3n) is 7.16. The predicted octanol–water partition coefficient (Wildman–Crippen LogP) is 3.78. The molecule has 0 radical (unpaired) electrons. The molecular formula is C26H31ClN6O4. The highest BCUT2D eigenvalue weighted by Crippen LogP contribution is 2.35. The molecule has 3 aliphatic heterocycles. The number of rotatable bonds is 4. The Balaban J connectivity index is 1.08. The first-order valence-electron chi connectivity index (χ1n) is 12.5. The van der Waals surface area contributed by atoms with Crippen molar-refractivity contribution in [3.63, 3.8) is 0 Å². The number of aromatic nitrogens is 1. The Hall–Kier alpha value is -3.37. The number of hydrogen-bond donors (Lipinski definition) is 1. The molecule has 11 heteroatoms. The SMILES string of the molecule is Cc1ccc(NC(=O)ON2CCC3(CC2)CC(C(=O)N2CCN(c4ncccc4Cl)CC2)=NO3)c(C)c1. The van der Waals surface area contributed by atoms with E-state index in [1.165, 1.54) is 0 Å². The average molecular weight is 527 g/mol. The van der Waals surface area contributed by atoms with Crippen LogP contribution < -0.4 is 10.2 Å². The van der Waals surface area contributed by atoms with Crippen molar-refractivity contribution in [1.29, 1.82) is 0 Å². The van der Waals surface area contributed by atoms with Gasteiger partial charge in [-0.3, -0.25) is 10.1 Å². The molecule has 1 aromatic heterocycles. The van der Waals surface area contributed by atoms with Gasteiger partial charge in [-0.05, 0) is 37.6 Å². The highest BCUT2D eigenvalue weighted by molar-refractivity contribution is 6.39. The minimum atomic E-state index is -0.530. The largest absolute Gasteiger partial charge is 0.430 e. The van der Waals surface area contributed by atoms with Gasteiger partial charge in [0.1, 0.15) is 17.1 Å². The molecule has 1 spiro atoms. The van der Waals surface area contributed by atoms with E-state index in [1.54, 1.807) is 17.3 Å². The van der Waals surface area contributed by atoms with Gasteiger partial charge in [0, 0.05) is 70.4 Å². The summed E-state index contributed by atoms with van der Waals surface area (Å²) in [6, 6.07) is 9.44. The maximum atomic E-state index is 13.1. The summed E-state index contributed by atoms with van der Waals surface area (Å²) in [6.07, 6.45) is 2.87. The number of nitrogens with one attached hydrogen (secondary N) is 1. The molecule has 2 saturated heterocycles. The Morgan fingerprint density at radius 2 is 1.84 bits per heavy atom. The fourth-order valence-electron chi connectivity index (χ4n) is 5.01. The van der Waals surface area contributed by atoms with Crippen molar-refractivity contribution in [3.05, 3.63) is 52.7 Å². The zero-order valence-corrected chi connectivity index (χ0v) is 21.8. The second-order valence-electron chi connectivity index (χ2n) is 9.83. The van der Waals surface area contributed by atoms with Gasteiger partial charge >= 0.3 is 6.09 Å². The van der Waals surface area contributed by atoms with Crippen LogP contribution in [0.2, 0.25) is 5.02 Å². The Kier molecular flexibility index (Phi) is 7.21. The van der Waals surface area contributed by atoms with E-state index in [9.17, 15) is 9.59 Å². The van der Waals surface area contributed by atoms with Crippen LogP contribution in [0.1, 0.15) is 30.4 Å². The highest BCUT2D eigenvalue weighted by Gasteiger charge is 2.45. The van der Waals surface area contributed by atoms with Gasteiger partial charge in [-0.2, -0.15) is 0 Å². The van der Waals surface area contributed by atoms with Crippen LogP contribution in [0.15, 0.2) is 41.7 Å². The molecule has 2 amide bonds. The molecule has 0 unspecified atom stereocenters. The molecule has 0 aliphatic carbocycles. The molecular weight excluding hydrogens is 496 g/mol. The number of piperazine rings is 1. The second kappa shape index (κ2) is 10.5. The number of carbonyl (C=O) groups is 2. The molecule has 10 nitrogen and oxygen atoms in total.